The number of aliphatic hydroxyl groups excluding tert-OH is 1. The number of thioether (sulfide) groups is 2. The average molecular weight is 923 g/mol. The lowest BCUT2D eigenvalue weighted by Crippen LogP contribution is -2.52. The van der Waals surface area contributed by atoms with Crippen molar-refractivity contribution in [3.05, 3.63) is 0 Å². The lowest BCUT2D eigenvalue weighted by atomic mass is 9.54. The maximum atomic E-state index is 13.7. The number of cyclic esters (lactones) is 2. The van der Waals surface area contributed by atoms with Gasteiger partial charge in [0.2, 0.25) is 0 Å². The molecule has 9 aliphatic heterocycles. The molecule has 12 nitrogen and oxygen atoms in total. The van der Waals surface area contributed by atoms with Crippen LogP contribution in [-0.4, -0.2) is 104 Å². The highest BCUT2D eigenvalue weighted by Gasteiger charge is 2.75. The summed E-state index contributed by atoms with van der Waals surface area (Å²) in [6.07, 6.45) is 7.39. The maximum absolute atomic E-state index is 13.7. The fourth-order valence-corrected chi connectivity index (χ4v) is 24.2. The Kier molecular flexibility index (Phi) is 9.62. The second kappa shape index (κ2) is 14.6. The van der Waals surface area contributed by atoms with E-state index in [2.05, 4.69) is 18.7 Å². The Labute approximate surface area is 384 Å². The topological polar surface area (TPSA) is 172 Å². The summed E-state index contributed by atoms with van der Waals surface area (Å²) < 4.78 is 31.2. The van der Waals surface area contributed by atoms with Gasteiger partial charge in [0.05, 0.1) is 60.6 Å². The third kappa shape index (κ3) is 5.76. The number of carboxylic acids is 1. The van der Waals surface area contributed by atoms with Gasteiger partial charge >= 0.3 is 29.8 Å². The van der Waals surface area contributed by atoms with E-state index in [-0.39, 0.29) is 96.2 Å². The molecule has 350 valence electrons. The van der Waals surface area contributed by atoms with Crippen molar-refractivity contribution < 1.29 is 57.9 Å². The summed E-state index contributed by atoms with van der Waals surface area (Å²) in [6, 6.07) is 0. The van der Waals surface area contributed by atoms with Crippen LogP contribution in [0.15, 0.2) is 0 Å². The molecule has 0 amide bonds. The number of hydrogen-bond donors (Lipinski definition) is 2. The zero-order valence-electron chi connectivity index (χ0n) is 37.6. The molecule has 0 spiro atoms. The molecule has 0 aromatic rings. The smallest absolute Gasteiger partial charge is 0.317 e. The molecule has 0 aromatic carbocycles. The minimum atomic E-state index is -0.699. The second-order valence-corrected chi connectivity index (χ2v) is 27.2. The minimum absolute atomic E-state index is 0.00805. The largest absolute Gasteiger partial charge is 0.481 e. The van der Waals surface area contributed by atoms with Gasteiger partial charge in [0, 0.05) is 21.0 Å². The van der Waals surface area contributed by atoms with Gasteiger partial charge in [0.15, 0.2) is 0 Å². The molecule has 29 atom stereocenters. The lowest BCUT2D eigenvalue weighted by Gasteiger charge is -2.48. The van der Waals surface area contributed by atoms with Crippen LogP contribution in [0.1, 0.15) is 86.0 Å². The van der Waals surface area contributed by atoms with Crippen molar-refractivity contribution in [3.63, 3.8) is 0 Å². The highest BCUT2D eigenvalue weighted by molar-refractivity contribution is 8.03. The minimum Gasteiger partial charge on any atom is -0.481 e. The van der Waals surface area contributed by atoms with Gasteiger partial charge in [-0.2, -0.15) is 23.5 Å². The molecule has 29 unspecified atom stereocenters. The summed E-state index contributed by atoms with van der Waals surface area (Å²) in [5.41, 5.74) is -0.511. The molecule has 0 aromatic heterocycles. The first-order chi connectivity index (χ1) is 30.6. The summed E-state index contributed by atoms with van der Waals surface area (Å²) >= 11 is 4.23. The van der Waals surface area contributed by atoms with Crippen LogP contribution in [0.3, 0.4) is 0 Å². The van der Waals surface area contributed by atoms with Crippen molar-refractivity contribution in [2.45, 2.75) is 137 Å². The highest BCUT2D eigenvalue weighted by atomic mass is 32.2. The van der Waals surface area contributed by atoms with Crippen LogP contribution in [0.5, 0.6) is 0 Å². The third-order valence-electron chi connectivity index (χ3n) is 21.1. The molecule has 2 N–H and O–H groups in total. The Morgan fingerprint density at radius 3 is 1.94 bits per heavy atom. The molecule has 14 heteroatoms. The quantitative estimate of drug-likeness (QED) is 0.146. The summed E-state index contributed by atoms with van der Waals surface area (Å²) in [6.45, 7) is 10.0. The monoisotopic (exact) mass is 922 g/mol. The highest BCUT2D eigenvalue weighted by Crippen LogP contribution is 2.76. The van der Waals surface area contributed by atoms with Crippen LogP contribution >= 0.6 is 23.5 Å². The molecule has 0 radical (unpaired) electrons. The van der Waals surface area contributed by atoms with Crippen molar-refractivity contribution in [3.8, 4) is 0 Å². The standard InChI is InChI=1S/C50H66O12S2/c1-16-20(39-35-23-9-19(32(35)38(16)59-39)11-29(23)49(57)62-50(3,4)5)12-26-27(43-37-36(42(26)64-43)31-15-30(44(37)63-31)47(55)58-7-6-51)14-25-24(13-21-17(2)46(54)61-48(21)56)41-34-22-8-18(10-28(22)45(52)53)33(34)40(25)60-41/h16-44,51H,6-15H2,1-5H3,(H,52,53). The number of carboxylic acid groups (broad SMARTS) is 1. The van der Waals surface area contributed by atoms with E-state index in [1.165, 1.54) is 0 Å². The normalized spacial score (nSPS) is 56.9. The van der Waals surface area contributed by atoms with E-state index < -0.39 is 35.3 Å². The Bertz CT molecular complexity index is 2020. The number of aliphatic hydroxyl groups is 1. The van der Waals surface area contributed by atoms with Crippen LogP contribution < -0.4 is 0 Å². The fraction of sp³-hybridized carbons (Fsp3) is 0.900. The molecule has 4 saturated carbocycles. The van der Waals surface area contributed by atoms with Crippen molar-refractivity contribution >= 4 is 53.4 Å². The van der Waals surface area contributed by atoms with Crippen LogP contribution in [0.2, 0.25) is 0 Å². The molecule has 13 rings (SSSR count). The number of aliphatic carboxylic acids is 1. The van der Waals surface area contributed by atoms with Crippen molar-refractivity contribution in [1.82, 2.24) is 0 Å². The SMILES string of the molecule is CC1C(=O)OC(=O)C1CC1C(CC2C(CC3C(C)C4OC3C3C5CC(CC5C(=O)OC(C)(C)C)C43)C3SC2C2C4SC(CC4C(=O)OCCO)C32)C2OC1C1C3CC(CC3C(=O)O)C21. The molecule has 12 bridgehead atoms. The number of rotatable bonds is 11. The van der Waals surface area contributed by atoms with Crippen LogP contribution in [0.4, 0.5) is 0 Å². The van der Waals surface area contributed by atoms with Gasteiger partial charge in [-0.15, -0.1) is 0 Å². The average Bonchev–Trinajstić information content (AvgIpc) is 4.07. The number of hydrogen-bond acceptors (Lipinski definition) is 13. The zero-order valence-corrected chi connectivity index (χ0v) is 39.2. The van der Waals surface area contributed by atoms with Gasteiger partial charge in [0.25, 0.3) is 0 Å². The predicted octanol–water partition coefficient (Wildman–Crippen LogP) is 5.74. The van der Waals surface area contributed by atoms with E-state index in [1.807, 2.05) is 39.5 Å². The lowest BCUT2D eigenvalue weighted by molar-refractivity contribution is -0.163. The molecule has 9 saturated heterocycles. The Balaban J connectivity index is 0.823. The summed E-state index contributed by atoms with van der Waals surface area (Å²) in [4.78, 5) is 65.8. The van der Waals surface area contributed by atoms with Crippen LogP contribution in [-0.2, 0) is 47.7 Å². The molecular weight excluding hydrogens is 857 g/mol. The van der Waals surface area contributed by atoms with E-state index >= 15 is 0 Å². The first-order valence-corrected chi connectivity index (χ1v) is 27.1. The van der Waals surface area contributed by atoms with Gasteiger partial charge < -0.3 is 33.9 Å². The van der Waals surface area contributed by atoms with Gasteiger partial charge in [-0.05, 0) is 167 Å². The zero-order chi connectivity index (χ0) is 44.2. The predicted molar refractivity (Wildman–Crippen MR) is 232 cm³/mol. The van der Waals surface area contributed by atoms with Gasteiger partial charge in [-0.3, -0.25) is 24.0 Å². The molecule has 9 heterocycles. The number of carbonyl (C=O) groups excluding carboxylic acids is 4. The van der Waals surface area contributed by atoms with E-state index in [9.17, 15) is 34.2 Å². The molecular formula is C50H66O12S2. The molecule has 13 fully saturated rings. The Morgan fingerprint density at radius 2 is 1.27 bits per heavy atom. The second-order valence-electron chi connectivity index (χ2n) is 24.4. The third-order valence-corrected chi connectivity index (χ3v) is 24.9. The number of esters is 4. The van der Waals surface area contributed by atoms with Crippen LogP contribution in [0.25, 0.3) is 0 Å². The molecule has 64 heavy (non-hydrogen) atoms. The van der Waals surface area contributed by atoms with E-state index in [0.29, 0.717) is 93.2 Å². The molecule has 13 aliphatic rings. The van der Waals surface area contributed by atoms with Crippen molar-refractivity contribution in [1.29, 1.82) is 0 Å². The first-order valence-electron chi connectivity index (χ1n) is 25.2. The number of carbonyl (C=O) groups is 5. The summed E-state index contributed by atoms with van der Waals surface area (Å²) in [5.74, 6) is 2.12. The number of ether oxygens (including phenoxy) is 5. The van der Waals surface area contributed by atoms with Gasteiger partial charge in [-0.1, -0.05) is 13.8 Å². The number of fused-ring (bicyclic) bond motifs is 27. The summed E-state index contributed by atoms with van der Waals surface area (Å²) in [7, 11) is 0. The fourth-order valence-electron chi connectivity index (χ4n) is 19.3. The van der Waals surface area contributed by atoms with Gasteiger partial charge in [-0.25, -0.2) is 0 Å². The van der Waals surface area contributed by atoms with Crippen LogP contribution in [0, 0.1) is 124 Å². The van der Waals surface area contributed by atoms with Gasteiger partial charge in [0.1, 0.15) is 12.2 Å². The van der Waals surface area contributed by atoms with Crippen molar-refractivity contribution in [2.75, 3.05) is 13.2 Å². The van der Waals surface area contributed by atoms with E-state index in [1.54, 1.807) is 0 Å². The van der Waals surface area contributed by atoms with E-state index in [0.717, 1.165) is 44.9 Å². The maximum Gasteiger partial charge on any atom is 0.317 e. The summed E-state index contributed by atoms with van der Waals surface area (Å²) in [5, 5.41) is 21.2. The van der Waals surface area contributed by atoms with E-state index in [4.69, 9.17) is 23.7 Å². The first kappa shape index (κ1) is 42.2. The Morgan fingerprint density at radius 1 is 0.656 bits per heavy atom. The Hall–Kier alpha value is -1.87. The molecule has 4 aliphatic carbocycles. The van der Waals surface area contributed by atoms with Crippen molar-refractivity contribution in [2.24, 2.45) is 124 Å².